The van der Waals surface area contributed by atoms with Gasteiger partial charge in [0.05, 0.1) is 5.02 Å². The number of hydrogen-bond acceptors (Lipinski definition) is 2. The van der Waals surface area contributed by atoms with Crippen LogP contribution in [0.2, 0.25) is 5.02 Å². The quantitative estimate of drug-likeness (QED) is 0.823. The van der Waals surface area contributed by atoms with Gasteiger partial charge in [-0.1, -0.05) is 35.9 Å². The topological polar surface area (TPSA) is 35.2 Å². The van der Waals surface area contributed by atoms with Crippen molar-refractivity contribution in [1.82, 2.24) is 0 Å². The van der Waals surface area contributed by atoms with Crippen LogP contribution in [0, 0.1) is 0 Å². The molecule has 3 rings (SSSR count). The van der Waals surface area contributed by atoms with Crippen LogP contribution in [0.3, 0.4) is 0 Å². The molecule has 0 saturated heterocycles. The largest absolute Gasteiger partial charge is 0.485 e. The molecule has 0 saturated carbocycles. The maximum Gasteiger partial charge on any atom is 0.126 e. The van der Waals surface area contributed by atoms with Crippen molar-refractivity contribution in [2.45, 2.75) is 18.6 Å². The van der Waals surface area contributed by atoms with Crippen LogP contribution in [0.25, 0.3) is 0 Å². The zero-order valence-corrected chi connectivity index (χ0v) is 12.5. The van der Waals surface area contributed by atoms with Gasteiger partial charge in [0, 0.05) is 22.5 Å². The third-order valence-corrected chi connectivity index (χ3v) is 4.60. The highest BCUT2D eigenvalue weighted by atomic mass is 79.9. The first kappa shape index (κ1) is 13.0. The van der Waals surface area contributed by atoms with Crippen LogP contribution in [-0.2, 0) is 0 Å². The molecule has 2 aromatic carbocycles. The van der Waals surface area contributed by atoms with Gasteiger partial charge in [-0.15, -0.1) is 0 Å². The van der Waals surface area contributed by atoms with Crippen molar-refractivity contribution in [1.29, 1.82) is 0 Å². The molecular formula is C15H13BrClNO. The molecule has 0 radical (unpaired) electrons. The van der Waals surface area contributed by atoms with Crippen molar-refractivity contribution in [3.63, 3.8) is 0 Å². The Morgan fingerprint density at radius 3 is 2.79 bits per heavy atom. The Morgan fingerprint density at radius 1 is 1.21 bits per heavy atom. The number of rotatable bonds is 1. The second-order valence-electron chi connectivity index (χ2n) is 4.66. The first-order valence-electron chi connectivity index (χ1n) is 6.11. The first-order chi connectivity index (χ1) is 9.15. The molecule has 1 aliphatic rings. The number of benzene rings is 2. The summed E-state index contributed by atoms with van der Waals surface area (Å²) in [5.41, 5.74) is 8.34. The van der Waals surface area contributed by atoms with Gasteiger partial charge in [0.2, 0.25) is 0 Å². The van der Waals surface area contributed by atoms with Crippen LogP contribution in [0.4, 0.5) is 0 Å². The number of fused-ring (bicyclic) bond motifs is 1. The standard InChI is InChI=1S/C15H13BrClNO/c16-11-6-5-9(7-12(11)17)15-8-13(18)10-3-1-2-4-14(10)19-15/h1-7,13,15H,8,18H2. The van der Waals surface area contributed by atoms with Gasteiger partial charge < -0.3 is 10.5 Å². The molecule has 0 spiro atoms. The maximum atomic E-state index is 6.22. The van der Waals surface area contributed by atoms with E-state index in [1.54, 1.807) is 0 Å². The van der Waals surface area contributed by atoms with E-state index in [1.807, 2.05) is 42.5 Å². The smallest absolute Gasteiger partial charge is 0.126 e. The average molecular weight is 339 g/mol. The van der Waals surface area contributed by atoms with Crippen LogP contribution >= 0.6 is 27.5 Å². The van der Waals surface area contributed by atoms with Crippen LogP contribution in [0.15, 0.2) is 46.9 Å². The molecule has 2 aromatic rings. The fourth-order valence-corrected chi connectivity index (χ4v) is 2.81. The molecule has 4 heteroatoms. The number of ether oxygens (including phenoxy) is 1. The Labute approximate surface area is 125 Å². The van der Waals surface area contributed by atoms with E-state index in [1.165, 1.54) is 0 Å². The maximum absolute atomic E-state index is 6.22. The van der Waals surface area contributed by atoms with Crippen LogP contribution in [0.5, 0.6) is 5.75 Å². The summed E-state index contributed by atoms with van der Waals surface area (Å²) in [7, 11) is 0. The summed E-state index contributed by atoms with van der Waals surface area (Å²) in [6.45, 7) is 0. The summed E-state index contributed by atoms with van der Waals surface area (Å²) in [4.78, 5) is 0. The lowest BCUT2D eigenvalue weighted by Crippen LogP contribution is -2.24. The minimum absolute atomic E-state index is 0.00243. The van der Waals surface area contributed by atoms with E-state index in [-0.39, 0.29) is 12.1 Å². The minimum Gasteiger partial charge on any atom is -0.485 e. The van der Waals surface area contributed by atoms with E-state index in [4.69, 9.17) is 22.1 Å². The second-order valence-corrected chi connectivity index (χ2v) is 5.92. The molecule has 98 valence electrons. The number of para-hydroxylation sites is 1. The fourth-order valence-electron chi connectivity index (χ4n) is 2.37. The van der Waals surface area contributed by atoms with Crippen LogP contribution < -0.4 is 10.5 Å². The molecular weight excluding hydrogens is 326 g/mol. The molecule has 2 unspecified atom stereocenters. The van der Waals surface area contributed by atoms with Gasteiger partial charge in [0.15, 0.2) is 0 Å². The second kappa shape index (κ2) is 5.16. The highest BCUT2D eigenvalue weighted by Crippen LogP contribution is 2.40. The Balaban J connectivity index is 1.94. The SMILES string of the molecule is NC1CC(c2ccc(Br)c(Cl)c2)Oc2ccccc21. The predicted octanol–water partition coefficient (Wildman–Crippen LogP) is 4.63. The highest BCUT2D eigenvalue weighted by Gasteiger charge is 2.26. The monoisotopic (exact) mass is 337 g/mol. The van der Waals surface area contributed by atoms with Gasteiger partial charge in [-0.3, -0.25) is 0 Å². The lowest BCUT2D eigenvalue weighted by molar-refractivity contribution is 0.161. The molecule has 2 atom stereocenters. The van der Waals surface area contributed by atoms with Gasteiger partial charge in [-0.25, -0.2) is 0 Å². The van der Waals surface area contributed by atoms with E-state index in [9.17, 15) is 0 Å². The molecule has 0 aromatic heterocycles. The van der Waals surface area contributed by atoms with Gasteiger partial charge in [-0.2, -0.15) is 0 Å². The molecule has 1 aliphatic heterocycles. The summed E-state index contributed by atoms with van der Waals surface area (Å²) >= 11 is 9.53. The number of hydrogen-bond donors (Lipinski definition) is 1. The van der Waals surface area contributed by atoms with Crippen LogP contribution in [-0.4, -0.2) is 0 Å². The first-order valence-corrected chi connectivity index (χ1v) is 7.28. The molecule has 0 fully saturated rings. The normalized spacial score (nSPS) is 21.6. The zero-order chi connectivity index (χ0) is 13.4. The summed E-state index contributed by atoms with van der Waals surface area (Å²) in [5.74, 6) is 0.866. The lowest BCUT2D eigenvalue weighted by Gasteiger charge is -2.30. The van der Waals surface area contributed by atoms with E-state index in [0.29, 0.717) is 5.02 Å². The Hall–Kier alpha value is -1.03. The summed E-state index contributed by atoms with van der Waals surface area (Å²) in [6, 6.07) is 13.8. The fraction of sp³-hybridized carbons (Fsp3) is 0.200. The van der Waals surface area contributed by atoms with Gasteiger partial charge >= 0.3 is 0 Å². The van der Waals surface area contributed by atoms with E-state index in [0.717, 1.165) is 27.8 Å². The molecule has 2 N–H and O–H groups in total. The van der Waals surface area contributed by atoms with Crippen LogP contribution in [0.1, 0.15) is 29.7 Å². The van der Waals surface area contributed by atoms with Gasteiger partial charge in [0.25, 0.3) is 0 Å². The molecule has 1 heterocycles. The van der Waals surface area contributed by atoms with Gasteiger partial charge in [0.1, 0.15) is 11.9 Å². The number of halogens is 2. The Morgan fingerprint density at radius 2 is 2.00 bits per heavy atom. The van der Waals surface area contributed by atoms with Crippen molar-refractivity contribution in [2.24, 2.45) is 5.73 Å². The van der Waals surface area contributed by atoms with E-state index < -0.39 is 0 Å². The van der Waals surface area contributed by atoms with Crippen molar-refractivity contribution in [3.05, 3.63) is 63.1 Å². The molecule has 2 nitrogen and oxygen atoms in total. The Bertz CT molecular complexity index is 617. The summed E-state index contributed by atoms with van der Waals surface area (Å²) in [6.07, 6.45) is 0.713. The molecule has 19 heavy (non-hydrogen) atoms. The minimum atomic E-state index is -0.0458. The number of nitrogens with two attached hydrogens (primary N) is 1. The van der Waals surface area contributed by atoms with Crippen molar-refractivity contribution in [3.8, 4) is 5.75 Å². The van der Waals surface area contributed by atoms with Crippen molar-refractivity contribution < 1.29 is 4.74 Å². The van der Waals surface area contributed by atoms with Gasteiger partial charge in [-0.05, 0) is 39.7 Å². The Kier molecular flexibility index (Phi) is 3.52. The third-order valence-electron chi connectivity index (χ3n) is 3.37. The van der Waals surface area contributed by atoms with Crippen molar-refractivity contribution in [2.75, 3.05) is 0 Å². The summed E-state index contributed by atoms with van der Waals surface area (Å²) < 4.78 is 6.92. The predicted molar refractivity (Wildman–Crippen MR) is 80.5 cm³/mol. The van der Waals surface area contributed by atoms with Crippen molar-refractivity contribution >= 4 is 27.5 Å². The molecule has 0 bridgehead atoms. The van der Waals surface area contributed by atoms with E-state index >= 15 is 0 Å². The highest BCUT2D eigenvalue weighted by molar-refractivity contribution is 9.10. The van der Waals surface area contributed by atoms with E-state index in [2.05, 4.69) is 15.9 Å². The third kappa shape index (κ3) is 2.50. The molecule has 0 amide bonds. The lowest BCUT2D eigenvalue weighted by atomic mass is 9.94. The summed E-state index contributed by atoms with van der Waals surface area (Å²) in [5, 5.41) is 0.688. The zero-order valence-electron chi connectivity index (χ0n) is 10.1. The average Bonchev–Trinajstić information content (AvgIpc) is 2.42. The molecule has 0 aliphatic carbocycles.